The number of ketones is 1. The summed E-state index contributed by atoms with van der Waals surface area (Å²) in [5, 5.41) is 9.36. The highest BCUT2D eigenvalue weighted by Crippen LogP contribution is 2.33. The van der Waals surface area contributed by atoms with E-state index < -0.39 is 0 Å². The Morgan fingerprint density at radius 2 is 1.92 bits per heavy atom. The molecule has 3 amide bonds. The highest BCUT2D eigenvalue weighted by atomic mass is 32.2. The minimum Gasteiger partial charge on any atom is -0.356 e. The van der Waals surface area contributed by atoms with Crippen LogP contribution >= 0.6 is 11.8 Å². The van der Waals surface area contributed by atoms with Crippen LogP contribution in [0.4, 0.5) is 4.79 Å². The average Bonchev–Trinajstić information content (AvgIpc) is 3.06. The average molecular weight is 356 g/mol. The Labute approximate surface area is 148 Å². The van der Waals surface area contributed by atoms with Crippen LogP contribution in [-0.4, -0.2) is 47.4 Å². The van der Waals surface area contributed by atoms with E-state index >= 15 is 0 Å². The summed E-state index contributed by atoms with van der Waals surface area (Å²) in [6, 6.07) is 0.489. The molecule has 2 aliphatic rings. The van der Waals surface area contributed by atoms with Crippen LogP contribution in [0, 0.1) is 0 Å². The minimum atomic E-state index is -0.0435. The van der Waals surface area contributed by atoms with Crippen molar-refractivity contribution in [3.05, 3.63) is 0 Å². The van der Waals surface area contributed by atoms with Crippen LogP contribution in [0.5, 0.6) is 0 Å². The molecule has 0 aromatic carbocycles. The van der Waals surface area contributed by atoms with Gasteiger partial charge in [0, 0.05) is 30.4 Å². The molecule has 2 saturated heterocycles. The molecule has 0 aromatic heterocycles. The van der Waals surface area contributed by atoms with Crippen molar-refractivity contribution in [1.82, 2.24) is 16.0 Å². The number of carbonyl (C=O) groups excluding carboxylic acids is 3. The second kappa shape index (κ2) is 9.91. The van der Waals surface area contributed by atoms with Gasteiger partial charge >= 0.3 is 6.03 Å². The summed E-state index contributed by atoms with van der Waals surface area (Å²) in [6.45, 7) is 2.32. The lowest BCUT2D eigenvalue weighted by Crippen LogP contribution is -2.36. The first kappa shape index (κ1) is 19.1. The largest absolute Gasteiger partial charge is 0.356 e. The number of fused-ring (bicyclic) bond motifs is 1. The third-order valence-corrected chi connectivity index (χ3v) is 6.12. The fraction of sp³-hybridized carbons (Fsp3) is 0.824. The Morgan fingerprint density at radius 3 is 2.71 bits per heavy atom. The van der Waals surface area contributed by atoms with Crippen molar-refractivity contribution < 1.29 is 14.4 Å². The number of hydrogen-bond donors (Lipinski definition) is 3. The van der Waals surface area contributed by atoms with E-state index in [1.807, 2.05) is 11.8 Å². The third-order valence-electron chi connectivity index (χ3n) is 4.61. The molecular formula is C17H29N3O3S. The number of unbranched alkanes of at least 4 members (excludes halogenated alkanes) is 3. The lowest BCUT2D eigenvalue weighted by Gasteiger charge is -2.16. The topological polar surface area (TPSA) is 87.3 Å². The first-order chi connectivity index (χ1) is 11.6. The van der Waals surface area contributed by atoms with Gasteiger partial charge in [0.1, 0.15) is 5.78 Å². The molecule has 2 rings (SSSR count). The van der Waals surface area contributed by atoms with Crippen molar-refractivity contribution in [3.8, 4) is 0 Å². The van der Waals surface area contributed by atoms with Gasteiger partial charge in [0.05, 0.1) is 12.1 Å². The molecule has 3 N–H and O–H groups in total. The Bertz CT molecular complexity index is 458. The SMILES string of the molecule is CC(=O)CCCCCNC(=O)CCCCC1SCC2NC(=O)NC21. The van der Waals surface area contributed by atoms with Gasteiger partial charge in [-0.3, -0.25) is 4.79 Å². The molecule has 0 aliphatic carbocycles. The molecule has 3 atom stereocenters. The zero-order valence-electron chi connectivity index (χ0n) is 14.4. The number of nitrogens with one attached hydrogen (secondary N) is 3. The van der Waals surface area contributed by atoms with E-state index in [0.717, 1.165) is 44.3 Å². The molecule has 2 aliphatic heterocycles. The molecule has 0 aromatic rings. The molecule has 2 fully saturated rings. The van der Waals surface area contributed by atoms with Crippen LogP contribution < -0.4 is 16.0 Å². The third kappa shape index (κ3) is 6.34. The Kier molecular flexibility index (Phi) is 7.88. The van der Waals surface area contributed by atoms with Gasteiger partial charge in [0.15, 0.2) is 0 Å². The summed E-state index contributed by atoms with van der Waals surface area (Å²) in [7, 11) is 0. The van der Waals surface area contributed by atoms with E-state index in [0.29, 0.717) is 24.6 Å². The summed E-state index contributed by atoms with van der Waals surface area (Å²) in [5.41, 5.74) is 0. The van der Waals surface area contributed by atoms with Crippen LogP contribution in [0.15, 0.2) is 0 Å². The number of thioether (sulfide) groups is 1. The standard InChI is InChI=1S/C17H29N3O3S/c1-12(21)7-3-2-6-10-18-15(22)9-5-4-8-14-16-13(11-24-14)19-17(23)20-16/h13-14,16H,2-11H2,1H3,(H,18,22)(H2,19,20,23). The second-order valence-corrected chi connectivity index (χ2v) is 8.00. The maximum absolute atomic E-state index is 11.8. The van der Waals surface area contributed by atoms with Gasteiger partial charge in [0.25, 0.3) is 0 Å². The molecule has 0 bridgehead atoms. The van der Waals surface area contributed by atoms with Gasteiger partial charge in [-0.25, -0.2) is 4.79 Å². The van der Waals surface area contributed by atoms with Crippen molar-refractivity contribution in [2.24, 2.45) is 0 Å². The Morgan fingerprint density at radius 1 is 1.12 bits per heavy atom. The zero-order valence-corrected chi connectivity index (χ0v) is 15.3. The number of amides is 3. The highest BCUT2D eigenvalue weighted by Gasteiger charge is 2.42. The molecule has 24 heavy (non-hydrogen) atoms. The van der Waals surface area contributed by atoms with Gasteiger partial charge in [-0.1, -0.05) is 12.8 Å². The molecule has 0 saturated carbocycles. The van der Waals surface area contributed by atoms with Gasteiger partial charge in [-0.05, 0) is 32.6 Å². The summed E-state index contributed by atoms with van der Waals surface area (Å²) >= 11 is 1.92. The molecule has 6 nitrogen and oxygen atoms in total. The normalized spacial score (nSPS) is 25.0. The van der Waals surface area contributed by atoms with Gasteiger partial charge in [0.2, 0.25) is 5.91 Å². The quantitative estimate of drug-likeness (QED) is 0.391. The predicted molar refractivity (Wildman–Crippen MR) is 96.1 cm³/mol. The summed E-state index contributed by atoms with van der Waals surface area (Å²) in [6.07, 6.45) is 7.02. The van der Waals surface area contributed by atoms with Crippen LogP contribution in [-0.2, 0) is 9.59 Å². The highest BCUT2D eigenvalue weighted by molar-refractivity contribution is 8.00. The molecule has 0 spiro atoms. The van der Waals surface area contributed by atoms with Crippen molar-refractivity contribution in [2.45, 2.75) is 75.6 Å². The van der Waals surface area contributed by atoms with E-state index in [9.17, 15) is 14.4 Å². The lowest BCUT2D eigenvalue weighted by molar-refractivity contribution is -0.121. The van der Waals surface area contributed by atoms with E-state index in [-0.39, 0.29) is 29.8 Å². The Hall–Kier alpha value is -1.24. The molecule has 2 heterocycles. The van der Waals surface area contributed by atoms with Crippen molar-refractivity contribution in [2.75, 3.05) is 12.3 Å². The monoisotopic (exact) mass is 355 g/mol. The second-order valence-electron chi connectivity index (χ2n) is 6.73. The molecule has 7 heteroatoms. The van der Waals surface area contributed by atoms with Crippen molar-refractivity contribution in [1.29, 1.82) is 0 Å². The fourth-order valence-corrected chi connectivity index (χ4v) is 4.81. The molecule has 136 valence electrons. The first-order valence-corrected chi connectivity index (χ1v) is 10.1. The van der Waals surface area contributed by atoms with E-state index in [4.69, 9.17) is 0 Å². The van der Waals surface area contributed by atoms with Crippen molar-refractivity contribution >= 4 is 29.5 Å². The number of Topliss-reactive ketones (excluding diaryl/α,β-unsaturated/α-hetero) is 1. The number of rotatable bonds is 11. The maximum Gasteiger partial charge on any atom is 0.315 e. The predicted octanol–water partition coefficient (Wildman–Crippen LogP) is 1.98. The summed E-state index contributed by atoms with van der Waals surface area (Å²) < 4.78 is 0. The number of hydrogen-bond acceptors (Lipinski definition) is 4. The molecular weight excluding hydrogens is 326 g/mol. The van der Waals surface area contributed by atoms with E-state index in [1.165, 1.54) is 0 Å². The summed E-state index contributed by atoms with van der Waals surface area (Å²) in [5.74, 6) is 1.34. The smallest absolute Gasteiger partial charge is 0.315 e. The summed E-state index contributed by atoms with van der Waals surface area (Å²) in [4.78, 5) is 33.9. The number of urea groups is 1. The van der Waals surface area contributed by atoms with Crippen molar-refractivity contribution in [3.63, 3.8) is 0 Å². The first-order valence-electron chi connectivity index (χ1n) is 9.01. The number of carbonyl (C=O) groups is 3. The van der Waals surface area contributed by atoms with Gasteiger partial charge in [-0.15, -0.1) is 0 Å². The Balaban J connectivity index is 1.45. The van der Waals surface area contributed by atoms with E-state index in [2.05, 4.69) is 16.0 Å². The van der Waals surface area contributed by atoms with Crippen LogP contribution in [0.1, 0.15) is 58.3 Å². The van der Waals surface area contributed by atoms with E-state index in [1.54, 1.807) is 6.92 Å². The zero-order chi connectivity index (χ0) is 17.4. The van der Waals surface area contributed by atoms with Crippen LogP contribution in [0.25, 0.3) is 0 Å². The maximum atomic E-state index is 11.8. The fourth-order valence-electron chi connectivity index (χ4n) is 3.27. The lowest BCUT2D eigenvalue weighted by atomic mass is 10.0. The minimum absolute atomic E-state index is 0.0435. The molecule has 0 radical (unpaired) electrons. The van der Waals surface area contributed by atoms with Gasteiger partial charge < -0.3 is 20.7 Å². The van der Waals surface area contributed by atoms with Crippen LogP contribution in [0.2, 0.25) is 0 Å². The van der Waals surface area contributed by atoms with Crippen LogP contribution in [0.3, 0.4) is 0 Å². The molecule has 3 unspecified atom stereocenters. The van der Waals surface area contributed by atoms with Gasteiger partial charge in [-0.2, -0.15) is 11.8 Å².